The quantitative estimate of drug-likeness (QED) is 0.916. The summed E-state index contributed by atoms with van der Waals surface area (Å²) < 4.78 is 0. The maximum atomic E-state index is 12.7. The molecular weight excluding hydrogens is 248 g/mol. The van der Waals surface area contributed by atoms with Gasteiger partial charge in [-0.15, -0.1) is 0 Å². The van der Waals surface area contributed by atoms with E-state index in [0.29, 0.717) is 0 Å². The molecule has 0 spiro atoms. The van der Waals surface area contributed by atoms with E-state index < -0.39 is 5.54 Å². The van der Waals surface area contributed by atoms with Gasteiger partial charge in [-0.2, -0.15) is 5.26 Å². The highest BCUT2D eigenvalue weighted by molar-refractivity contribution is 5.92. The second kappa shape index (κ2) is 4.94. The van der Waals surface area contributed by atoms with Gasteiger partial charge in [0.1, 0.15) is 5.54 Å². The van der Waals surface area contributed by atoms with Crippen LogP contribution < -0.4 is 5.32 Å². The van der Waals surface area contributed by atoms with Crippen LogP contribution in [0.15, 0.2) is 30.3 Å². The summed E-state index contributed by atoms with van der Waals surface area (Å²) in [6.07, 6.45) is 6.61. The predicted molar refractivity (Wildman–Crippen MR) is 76.9 cm³/mol. The van der Waals surface area contributed by atoms with Gasteiger partial charge >= 0.3 is 0 Å². The van der Waals surface area contributed by atoms with Gasteiger partial charge in [-0.3, -0.25) is 4.79 Å². The van der Waals surface area contributed by atoms with Crippen LogP contribution in [0.4, 0.5) is 0 Å². The molecule has 1 aromatic carbocycles. The smallest absolute Gasteiger partial charge is 0.231 e. The fourth-order valence-corrected chi connectivity index (χ4v) is 3.29. The lowest BCUT2D eigenvalue weighted by Gasteiger charge is -2.33. The Hall–Kier alpha value is -1.82. The van der Waals surface area contributed by atoms with Crippen molar-refractivity contribution >= 4 is 5.91 Å². The molecule has 0 aliphatic heterocycles. The Morgan fingerprint density at radius 2 is 1.70 bits per heavy atom. The summed E-state index contributed by atoms with van der Waals surface area (Å²) in [4.78, 5) is 12.7. The first-order valence-electron chi connectivity index (χ1n) is 7.50. The fourth-order valence-electron chi connectivity index (χ4n) is 3.29. The summed E-state index contributed by atoms with van der Waals surface area (Å²) in [6.45, 7) is 0. The molecule has 3 heteroatoms. The Kier molecular flexibility index (Phi) is 3.25. The summed E-state index contributed by atoms with van der Waals surface area (Å²) in [7, 11) is 0. The van der Waals surface area contributed by atoms with Crippen molar-refractivity contribution in [1.82, 2.24) is 5.32 Å². The molecule has 104 valence electrons. The highest BCUT2D eigenvalue weighted by atomic mass is 16.2. The van der Waals surface area contributed by atoms with Gasteiger partial charge in [0, 0.05) is 0 Å². The van der Waals surface area contributed by atoms with Gasteiger partial charge in [0.2, 0.25) is 5.91 Å². The van der Waals surface area contributed by atoms with Crippen molar-refractivity contribution in [3.8, 4) is 6.07 Å². The minimum absolute atomic E-state index is 0.0483. The van der Waals surface area contributed by atoms with Crippen LogP contribution in [0.1, 0.15) is 50.5 Å². The van der Waals surface area contributed by atoms with E-state index in [1.165, 1.54) is 6.42 Å². The Bertz CT molecular complexity index is 534. The largest absolute Gasteiger partial charge is 0.337 e. The SMILES string of the molecule is N#CC1(NC(=O)C2(c3ccccc3)CC2)CCCCC1. The molecule has 20 heavy (non-hydrogen) atoms. The molecule has 0 aromatic heterocycles. The monoisotopic (exact) mass is 268 g/mol. The summed E-state index contributed by atoms with van der Waals surface area (Å²) in [5.74, 6) is 0.0483. The van der Waals surface area contributed by atoms with Crippen molar-refractivity contribution in [2.75, 3.05) is 0 Å². The van der Waals surface area contributed by atoms with Crippen LogP contribution in [0.25, 0.3) is 0 Å². The zero-order chi connectivity index (χ0) is 14.1. The molecule has 0 saturated heterocycles. The van der Waals surface area contributed by atoms with E-state index in [9.17, 15) is 10.1 Å². The van der Waals surface area contributed by atoms with Crippen LogP contribution in [0.5, 0.6) is 0 Å². The lowest BCUT2D eigenvalue weighted by molar-refractivity contribution is -0.125. The first-order chi connectivity index (χ1) is 9.71. The van der Waals surface area contributed by atoms with E-state index in [-0.39, 0.29) is 11.3 Å². The van der Waals surface area contributed by atoms with E-state index in [1.807, 2.05) is 30.3 Å². The van der Waals surface area contributed by atoms with Gasteiger partial charge in [0.15, 0.2) is 0 Å². The minimum atomic E-state index is -0.625. The van der Waals surface area contributed by atoms with Gasteiger partial charge in [0.25, 0.3) is 0 Å². The van der Waals surface area contributed by atoms with Crippen LogP contribution >= 0.6 is 0 Å². The van der Waals surface area contributed by atoms with Crippen molar-refractivity contribution in [2.24, 2.45) is 0 Å². The summed E-state index contributed by atoms with van der Waals surface area (Å²) in [5, 5.41) is 12.6. The Balaban J connectivity index is 1.78. The van der Waals surface area contributed by atoms with Crippen LogP contribution in [0.2, 0.25) is 0 Å². The molecule has 2 saturated carbocycles. The first kappa shape index (κ1) is 13.2. The van der Waals surface area contributed by atoms with Crippen LogP contribution in [0, 0.1) is 11.3 Å². The molecular formula is C17H20N2O. The van der Waals surface area contributed by atoms with Gasteiger partial charge < -0.3 is 5.32 Å². The third-order valence-corrected chi connectivity index (χ3v) is 4.78. The van der Waals surface area contributed by atoms with Crippen molar-refractivity contribution in [3.05, 3.63) is 35.9 Å². The van der Waals surface area contributed by atoms with E-state index in [2.05, 4.69) is 11.4 Å². The van der Waals surface area contributed by atoms with Crippen molar-refractivity contribution in [2.45, 2.75) is 55.9 Å². The van der Waals surface area contributed by atoms with Crippen molar-refractivity contribution in [1.29, 1.82) is 5.26 Å². The van der Waals surface area contributed by atoms with Crippen LogP contribution in [-0.4, -0.2) is 11.4 Å². The fraction of sp³-hybridized carbons (Fsp3) is 0.529. The molecule has 1 aromatic rings. The average Bonchev–Trinajstić information content (AvgIpc) is 3.31. The molecule has 3 nitrogen and oxygen atoms in total. The van der Waals surface area contributed by atoms with Gasteiger partial charge in [0.05, 0.1) is 11.5 Å². The zero-order valence-corrected chi connectivity index (χ0v) is 11.7. The van der Waals surface area contributed by atoms with Gasteiger partial charge in [-0.05, 0) is 31.2 Å². The number of benzene rings is 1. The lowest BCUT2D eigenvalue weighted by Crippen LogP contribution is -2.52. The highest BCUT2D eigenvalue weighted by Crippen LogP contribution is 2.49. The second-order valence-corrected chi connectivity index (χ2v) is 6.16. The van der Waals surface area contributed by atoms with E-state index in [4.69, 9.17) is 0 Å². The minimum Gasteiger partial charge on any atom is -0.337 e. The van der Waals surface area contributed by atoms with Crippen LogP contribution in [-0.2, 0) is 10.2 Å². The summed E-state index contributed by atoms with van der Waals surface area (Å²) >= 11 is 0. The maximum Gasteiger partial charge on any atom is 0.231 e. The number of hydrogen-bond donors (Lipinski definition) is 1. The average molecular weight is 268 g/mol. The molecule has 0 unspecified atom stereocenters. The third kappa shape index (κ3) is 2.20. The topological polar surface area (TPSA) is 52.9 Å². The standard InChI is InChI=1S/C17H20N2O/c18-13-16(9-5-2-6-10-16)19-15(20)17(11-12-17)14-7-3-1-4-8-14/h1,3-4,7-8H,2,5-6,9-12H2,(H,19,20). The van der Waals surface area contributed by atoms with Crippen LogP contribution in [0.3, 0.4) is 0 Å². The van der Waals surface area contributed by atoms with Crippen molar-refractivity contribution in [3.63, 3.8) is 0 Å². The summed E-state index contributed by atoms with van der Waals surface area (Å²) in [5.41, 5.74) is 0.0869. The number of nitrogens with one attached hydrogen (secondary N) is 1. The Labute approximate surface area is 120 Å². The predicted octanol–water partition coefficient (Wildman–Crippen LogP) is 3.06. The third-order valence-electron chi connectivity index (χ3n) is 4.78. The molecule has 1 N–H and O–H groups in total. The number of nitrogens with zero attached hydrogens (tertiary/aromatic N) is 1. The molecule has 1 amide bonds. The number of hydrogen-bond acceptors (Lipinski definition) is 2. The summed E-state index contributed by atoms with van der Waals surface area (Å²) in [6, 6.07) is 12.3. The molecule has 0 bridgehead atoms. The second-order valence-electron chi connectivity index (χ2n) is 6.16. The maximum absolute atomic E-state index is 12.7. The number of nitriles is 1. The number of carbonyl (C=O) groups is 1. The lowest BCUT2D eigenvalue weighted by atomic mass is 9.82. The van der Waals surface area contributed by atoms with E-state index in [1.54, 1.807) is 0 Å². The van der Waals surface area contributed by atoms with Gasteiger partial charge in [-0.25, -0.2) is 0 Å². The molecule has 0 atom stereocenters. The zero-order valence-electron chi connectivity index (χ0n) is 11.7. The Morgan fingerprint density at radius 3 is 2.25 bits per heavy atom. The normalized spacial score (nSPS) is 22.6. The molecule has 2 aliphatic rings. The molecule has 2 fully saturated rings. The van der Waals surface area contributed by atoms with Crippen molar-refractivity contribution < 1.29 is 4.79 Å². The van der Waals surface area contributed by atoms with Gasteiger partial charge in [-0.1, -0.05) is 49.6 Å². The van der Waals surface area contributed by atoms with E-state index >= 15 is 0 Å². The number of amides is 1. The number of carbonyl (C=O) groups excluding carboxylic acids is 1. The highest BCUT2D eigenvalue weighted by Gasteiger charge is 2.53. The van der Waals surface area contributed by atoms with E-state index in [0.717, 1.165) is 44.1 Å². The molecule has 3 rings (SSSR count). The Morgan fingerprint density at radius 1 is 1.05 bits per heavy atom. The molecule has 0 heterocycles. The molecule has 2 aliphatic carbocycles. The first-order valence-corrected chi connectivity index (χ1v) is 7.50. The molecule has 0 radical (unpaired) electrons. The number of rotatable bonds is 3.